The van der Waals surface area contributed by atoms with Crippen molar-refractivity contribution >= 4 is 35.2 Å². The quantitative estimate of drug-likeness (QED) is 0.388. The van der Waals surface area contributed by atoms with Crippen LogP contribution in [0.15, 0.2) is 54.6 Å². The minimum atomic E-state index is -3.13. The van der Waals surface area contributed by atoms with Gasteiger partial charge in [-0.2, -0.15) is 0 Å². The minimum Gasteiger partial charge on any atom is -0.432 e. The molecule has 0 saturated heterocycles. The predicted octanol–water partition coefficient (Wildman–Crippen LogP) is 5.87. The van der Waals surface area contributed by atoms with Crippen LogP contribution in [0.5, 0.6) is 5.75 Å². The summed E-state index contributed by atoms with van der Waals surface area (Å²) in [7, 11) is -3.13. The molecule has 26 heavy (non-hydrogen) atoms. The maximum Gasteiger partial charge on any atom is 0.321 e. The monoisotopic (exact) mass is 387 g/mol. The maximum atomic E-state index is 13.5. The van der Waals surface area contributed by atoms with Crippen molar-refractivity contribution in [2.45, 2.75) is 32.5 Å². The number of hydrogen-bond donors (Lipinski definition) is 1. The van der Waals surface area contributed by atoms with Gasteiger partial charge in [-0.1, -0.05) is 31.2 Å². The van der Waals surface area contributed by atoms with Gasteiger partial charge < -0.3 is 4.52 Å². The van der Waals surface area contributed by atoms with E-state index in [1.54, 1.807) is 0 Å². The van der Waals surface area contributed by atoms with Crippen LogP contribution in [0.3, 0.4) is 0 Å². The molecule has 1 heterocycles. The van der Waals surface area contributed by atoms with Gasteiger partial charge in [0.15, 0.2) is 6.29 Å². The molecule has 2 unspecified atom stereocenters. The van der Waals surface area contributed by atoms with E-state index in [9.17, 15) is 9.36 Å². The van der Waals surface area contributed by atoms with Gasteiger partial charge in [0.1, 0.15) is 5.75 Å². The molecule has 0 radical (unpaired) electrons. The van der Waals surface area contributed by atoms with Crippen LogP contribution in [-0.2, 0) is 10.7 Å². The highest BCUT2D eigenvalue weighted by atomic mass is 32.1. The largest absolute Gasteiger partial charge is 0.432 e. The highest BCUT2D eigenvalue weighted by Gasteiger charge is 2.27. The van der Waals surface area contributed by atoms with E-state index in [2.05, 4.69) is 5.09 Å². The number of thiophene rings is 1. The summed E-state index contributed by atoms with van der Waals surface area (Å²) in [5, 5.41) is 4.17. The Morgan fingerprint density at radius 2 is 1.96 bits per heavy atom. The van der Waals surface area contributed by atoms with Crippen LogP contribution in [0, 0.1) is 0 Å². The van der Waals surface area contributed by atoms with Crippen molar-refractivity contribution in [3.63, 3.8) is 0 Å². The molecule has 1 aromatic heterocycles. The van der Waals surface area contributed by atoms with E-state index >= 15 is 0 Å². The van der Waals surface area contributed by atoms with Crippen molar-refractivity contribution in [2.75, 3.05) is 0 Å². The Balaban J connectivity index is 1.89. The van der Waals surface area contributed by atoms with Crippen LogP contribution in [0.2, 0.25) is 0 Å². The van der Waals surface area contributed by atoms with Gasteiger partial charge in [0.2, 0.25) is 0 Å². The lowest BCUT2D eigenvalue weighted by atomic mass is 10.2. The fourth-order valence-corrected chi connectivity index (χ4v) is 5.76. The molecule has 0 spiro atoms. The Kier molecular flexibility index (Phi) is 5.92. The van der Waals surface area contributed by atoms with Gasteiger partial charge in [-0.3, -0.25) is 9.36 Å². The summed E-state index contributed by atoms with van der Waals surface area (Å²) in [5.74, 6) is 0.589. The summed E-state index contributed by atoms with van der Waals surface area (Å²) < 4.78 is 20.5. The van der Waals surface area contributed by atoms with Crippen molar-refractivity contribution in [1.82, 2.24) is 5.09 Å². The van der Waals surface area contributed by atoms with E-state index in [1.807, 2.05) is 68.4 Å². The number of fused-ring (bicyclic) bond motifs is 1. The van der Waals surface area contributed by atoms with Gasteiger partial charge in [0, 0.05) is 10.7 Å². The second kappa shape index (κ2) is 8.17. The number of carbonyl (C=O) groups is 1. The smallest absolute Gasteiger partial charge is 0.321 e. The standard InChI is InChI=1S/C20H22NO3PS/c1-3-15(2)21-25(23,24-18-7-5-4-6-8-18)14-16-9-10-20-17(11-16)12-19(13-22)26-20/h4-13,15H,3,14H2,1-2H3,(H,21,23). The normalized spacial score (nSPS) is 14.7. The molecule has 0 amide bonds. The summed E-state index contributed by atoms with van der Waals surface area (Å²) >= 11 is 1.46. The molecule has 2 atom stereocenters. The predicted molar refractivity (Wildman–Crippen MR) is 108 cm³/mol. The van der Waals surface area contributed by atoms with Crippen molar-refractivity contribution in [2.24, 2.45) is 0 Å². The van der Waals surface area contributed by atoms with Crippen LogP contribution >= 0.6 is 18.9 Å². The Labute approximate surface area is 157 Å². The van der Waals surface area contributed by atoms with E-state index in [-0.39, 0.29) is 12.2 Å². The lowest BCUT2D eigenvalue weighted by Crippen LogP contribution is -2.25. The van der Waals surface area contributed by atoms with Crippen molar-refractivity contribution in [3.8, 4) is 5.75 Å². The van der Waals surface area contributed by atoms with Crippen LogP contribution in [0.1, 0.15) is 35.5 Å². The highest BCUT2D eigenvalue weighted by Crippen LogP contribution is 2.47. The molecule has 0 aliphatic carbocycles. The SMILES string of the molecule is CCC(C)NP(=O)(Cc1ccc2sc(C=O)cc2c1)Oc1ccccc1. The number of nitrogens with one attached hydrogen (secondary N) is 1. The molecular weight excluding hydrogens is 365 g/mol. The van der Waals surface area contributed by atoms with E-state index in [0.29, 0.717) is 10.6 Å². The molecule has 136 valence electrons. The summed E-state index contributed by atoms with van der Waals surface area (Å²) in [6.07, 6.45) is 2.00. The molecule has 6 heteroatoms. The second-order valence-corrected chi connectivity index (χ2v) is 9.53. The second-order valence-electron chi connectivity index (χ2n) is 6.31. The number of aldehydes is 1. The average Bonchev–Trinajstić information content (AvgIpc) is 3.04. The number of benzene rings is 2. The molecule has 0 fully saturated rings. The maximum absolute atomic E-state index is 13.5. The van der Waals surface area contributed by atoms with Gasteiger partial charge in [0.25, 0.3) is 0 Å². The van der Waals surface area contributed by atoms with Crippen LogP contribution in [-0.4, -0.2) is 12.3 Å². The van der Waals surface area contributed by atoms with Crippen molar-refractivity contribution in [1.29, 1.82) is 0 Å². The van der Waals surface area contributed by atoms with Gasteiger partial charge in [-0.15, -0.1) is 11.3 Å². The minimum absolute atomic E-state index is 0.0797. The zero-order valence-corrected chi connectivity index (χ0v) is 16.6. The first-order valence-corrected chi connectivity index (χ1v) is 11.2. The van der Waals surface area contributed by atoms with Crippen LogP contribution in [0.4, 0.5) is 0 Å². The molecule has 1 N–H and O–H groups in total. The fourth-order valence-electron chi connectivity index (χ4n) is 2.69. The Hall–Kier alpha value is -1.94. The third-order valence-corrected chi connectivity index (χ3v) is 7.30. The number of carbonyl (C=O) groups excluding carboxylic acids is 1. The lowest BCUT2D eigenvalue weighted by Gasteiger charge is -2.24. The Morgan fingerprint density at radius 3 is 2.65 bits per heavy atom. The molecule has 0 saturated carbocycles. The molecule has 2 aromatic carbocycles. The average molecular weight is 387 g/mol. The van der Waals surface area contributed by atoms with Crippen LogP contribution in [0.25, 0.3) is 10.1 Å². The van der Waals surface area contributed by atoms with Crippen molar-refractivity contribution < 1.29 is 13.9 Å². The van der Waals surface area contributed by atoms with E-state index in [4.69, 9.17) is 4.52 Å². The molecule has 0 bridgehead atoms. The first-order chi connectivity index (χ1) is 12.5. The highest BCUT2D eigenvalue weighted by molar-refractivity contribution is 7.56. The van der Waals surface area contributed by atoms with E-state index in [0.717, 1.165) is 28.4 Å². The summed E-state index contributed by atoms with van der Waals surface area (Å²) in [5.41, 5.74) is 0.919. The molecule has 0 aliphatic rings. The first kappa shape index (κ1) is 18.8. The zero-order valence-electron chi connectivity index (χ0n) is 14.8. The molecule has 0 aliphatic heterocycles. The van der Waals surface area contributed by atoms with Gasteiger partial charge in [-0.25, -0.2) is 5.09 Å². The number of para-hydroxylation sites is 1. The lowest BCUT2D eigenvalue weighted by molar-refractivity contribution is 0.112. The Bertz CT molecular complexity index is 939. The molecule has 4 nitrogen and oxygen atoms in total. The number of rotatable bonds is 8. The third kappa shape index (κ3) is 4.61. The first-order valence-electron chi connectivity index (χ1n) is 8.60. The summed E-state index contributed by atoms with van der Waals surface area (Å²) in [4.78, 5) is 11.7. The molecule has 3 aromatic rings. The van der Waals surface area contributed by atoms with E-state index < -0.39 is 7.52 Å². The Morgan fingerprint density at radius 1 is 1.19 bits per heavy atom. The fraction of sp³-hybridized carbons (Fsp3) is 0.250. The molecular formula is C20H22NO3PS. The molecule has 3 rings (SSSR count). The zero-order chi connectivity index (χ0) is 18.6. The topological polar surface area (TPSA) is 55.4 Å². The van der Waals surface area contributed by atoms with Gasteiger partial charge in [0.05, 0.1) is 11.0 Å². The van der Waals surface area contributed by atoms with Crippen LogP contribution < -0.4 is 9.61 Å². The number of hydrogen-bond acceptors (Lipinski definition) is 4. The van der Waals surface area contributed by atoms with E-state index in [1.165, 1.54) is 11.3 Å². The van der Waals surface area contributed by atoms with Gasteiger partial charge in [-0.05, 0) is 54.6 Å². The van der Waals surface area contributed by atoms with Gasteiger partial charge >= 0.3 is 7.52 Å². The summed E-state index contributed by atoms with van der Waals surface area (Å²) in [6.45, 7) is 4.04. The summed E-state index contributed by atoms with van der Waals surface area (Å²) in [6, 6.07) is 17.1. The van der Waals surface area contributed by atoms with Crippen molar-refractivity contribution in [3.05, 3.63) is 65.0 Å². The third-order valence-electron chi connectivity index (χ3n) is 4.13.